The summed E-state index contributed by atoms with van der Waals surface area (Å²) in [5, 5.41) is 1.72. The molecule has 2 saturated heterocycles. The van der Waals surface area contributed by atoms with Crippen LogP contribution in [0.3, 0.4) is 0 Å². The van der Waals surface area contributed by atoms with E-state index in [4.69, 9.17) is 11.6 Å². The van der Waals surface area contributed by atoms with Crippen molar-refractivity contribution in [1.29, 1.82) is 0 Å². The lowest BCUT2D eigenvalue weighted by molar-refractivity contribution is -0.137. The smallest absolute Gasteiger partial charge is 0.295 e. The normalized spacial score (nSPS) is 22.5. The van der Waals surface area contributed by atoms with Gasteiger partial charge in [-0.2, -0.15) is 13.2 Å². The Morgan fingerprint density at radius 3 is 2.32 bits per heavy atom. The third kappa shape index (κ3) is 4.48. The first-order valence-electron chi connectivity index (χ1n) is 8.44. The van der Waals surface area contributed by atoms with Crippen LogP contribution in [0.2, 0.25) is 5.02 Å². The van der Waals surface area contributed by atoms with Crippen molar-refractivity contribution in [3.63, 3.8) is 0 Å². The summed E-state index contributed by atoms with van der Waals surface area (Å²) >= 11 is 5.77. The van der Waals surface area contributed by atoms with Gasteiger partial charge in [-0.05, 0) is 31.0 Å². The van der Waals surface area contributed by atoms with Gasteiger partial charge < -0.3 is 0 Å². The highest BCUT2D eigenvalue weighted by Crippen LogP contribution is 2.33. The maximum Gasteiger partial charge on any atom is 0.416 e. The first-order chi connectivity index (χ1) is 13.0. The molecule has 3 rings (SSSR count). The van der Waals surface area contributed by atoms with Crippen LogP contribution in [-0.4, -0.2) is 50.3 Å². The largest absolute Gasteiger partial charge is 0.416 e. The number of amides is 2. The van der Waals surface area contributed by atoms with Crippen molar-refractivity contribution in [2.75, 3.05) is 13.1 Å². The van der Waals surface area contributed by atoms with Gasteiger partial charge in [-0.3, -0.25) is 19.8 Å². The van der Waals surface area contributed by atoms with E-state index in [1.165, 1.54) is 0 Å². The Hall–Kier alpha value is -1.69. The Morgan fingerprint density at radius 2 is 1.82 bits per heavy atom. The molecule has 1 unspecified atom stereocenters. The summed E-state index contributed by atoms with van der Waals surface area (Å²) in [6.07, 6.45) is -3.78. The molecule has 0 aliphatic carbocycles. The molecule has 0 aromatic heterocycles. The molecule has 2 fully saturated rings. The van der Waals surface area contributed by atoms with Crippen LogP contribution in [0.5, 0.6) is 0 Å². The number of alkyl halides is 3. The zero-order valence-electron chi connectivity index (χ0n) is 14.4. The number of carbonyl (C=O) groups excluding carboxylic acids is 2. The highest BCUT2D eigenvalue weighted by molar-refractivity contribution is 7.89. The van der Waals surface area contributed by atoms with Crippen molar-refractivity contribution in [2.24, 2.45) is 0 Å². The van der Waals surface area contributed by atoms with Crippen molar-refractivity contribution in [2.45, 2.75) is 42.4 Å². The third-order valence-electron chi connectivity index (χ3n) is 4.78. The van der Waals surface area contributed by atoms with Gasteiger partial charge in [0.25, 0.3) is 0 Å². The molecule has 1 aromatic carbocycles. The van der Waals surface area contributed by atoms with Gasteiger partial charge in [0.1, 0.15) is 4.90 Å². The summed E-state index contributed by atoms with van der Waals surface area (Å²) in [4.78, 5) is 24.4. The van der Waals surface area contributed by atoms with Crippen LogP contribution in [0.4, 0.5) is 13.2 Å². The number of hydrogen-bond donors (Lipinski definition) is 2. The number of nitrogens with one attached hydrogen (secondary N) is 2. The van der Waals surface area contributed by atoms with Gasteiger partial charge in [-0.15, -0.1) is 0 Å². The first kappa shape index (κ1) is 21.0. The van der Waals surface area contributed by atoms with Crippen molar-refractivity contribution >= 4 is 33.4 Å². The van der Waals surface area contributed by atoms with Crippen LogP contribution >= 0.6 is 11.6 Å². The maximum atomic E-state index is 12.7. The molecule has 0 radical (unpaired) electrons. The number of nitrogens with zero attached hydrogens (tertiary/aromatic N) is 1. The second-order valence-electron chi connectivity index (χ2n) is 6.71. The molecule has 0 bridgehead atoms. The van der Waals surface area contributed by atoms with E-state index in [2.05, 4.69) is 10.0 Å². The molecule has 2 aliphatic rings. The van der Waals surface area contributed by atoms with Gasteiger partial charge in [0, 0.05) is 19.1 Å². The first-order valence-corrected chi connectivity index (χ1v) is 10.3. The Labute approximate surface area is 164 Å². The van der Waals surface area contributed by atoms with Gasteiger partial charge in [0.15, 0.2) is 0 Å². The zero-order chi connectivity index (χ0) is 20.7. The van der Waals surface area contributed by atoms with Crippen LogP contribution in [0.25, 0.3) is 0 Å². The summed E-state index contributed by atoms with van der Waals surface area (Å²) < 4.78 is 65.6. The number of imide groups is 1. The number of piperidine rings is 1. The van der Waals surface area contributed by atoms with E-state index in [9.17, 15) is 31.2 Å². The second kappa shape index (κ2) is 7.62. The fourth-order valence-electron chi connectivity index (χ4n) is 3.34. The van der Waals surface area contributed by atoms with Gasteiger partial charge in [0.05, 0.1) is 23.0 Å². The van der Waals surface area contributed by atoms with Gasteiger partial charge in [0.2, 0.25) is 21.8 Å². The summed E-state index contributed by atoms with van der Waals surface area (Å²) in [5.41, 5.74) is -1.03. The predicted molar refractivity (Wildman–Crippen MR) is 92.9 cm³/mol. The topological polar surface area (TPSA) is 95.6 Å². The minimum atomic E-state index is -4.62. The number of rotatable bonds is 4. The van der Waals surface area contributed by atoms with E-state index in [0.29, 0.717) is 38.1 Å². The Bertz CT molecular complexity index is 899. The van der Waals surface area contributed by atoms with E-state index < -0.39 is 43.8 Å². The number of likely N-dealkylation sites (tertiary alicyclic amines) is 1. The molecule has 2 N–H and O–H groups in total. The molecule has 1 atom stereocenters. The molecule has 28 heavy (non-hydrogen) atoms. The van der Waals surface area contributed by atoms with E-state index in [1.807, 2.05) is 4.90 Å². The van der Waals surface area contributed by atoms with E-state index >= 15 is 0 Å². The lowest BCUT2D eigenvalue weighted by Gasteiger charge is -2.34. The Kier molecular flexibility index (Phi) is 5.72. The number of benzene rings is 1. The average molecular weight is 440 g/mol. The van der Waals surface area contributed by atoms with Crippen molar-refractivity contribution in [3.05, 3.63) is 28.8 Å². The van der Waals surface area contributed by atoms with Gasteiger partial charge in [-0.1, -0.05) is 11.6 Å². The molecule has 7 nitrogen and oxygen atoms in total. The third-order valence-corrected chi connectivity index (χ3v) is 6.79. The molecule has 154 valence electrons. The molecule has 0 spiro atoms. The van der Waals surface area contributed by atoms with Gasteiger partial charge >= 0.3 is 6.18 Å². The average Bonchev–Trinajstić information content (AvgIpc) is 2.92. The fraction of sp³-hybridized carbons (Fsp3) is 0.500. The van der Waals surface area contributed by atoms with Gasteiger partial charge in [-0.25, -0.2) is 13.1 Å². The molecular weight excluding hydrogens is 423 g/mol. The lowest BCUT2D eigenvalue weighted by atomic mass is 10.0. The number of carbonyl (C=O) groups is 2. The summed E-state index contributed by atoms with van der Waals surface area (Å²) in [6.45, 7) is 0.804. The van der Waals surface area contributed by atoms with E-state index in [1.54, 1.807) is 0 Å². The maximum absolute atomic E-state index is 12.7. The van der Waals surface area contributed by atoms with Crippen molar-refractivity contribution in [3.8, 4) is 0 Å². The monoisotopic (exact) mass is 439 g/mol. The van der Waals surface area contributed by atoms with E-state index in [-0.39, 0.29) is 18.2 Å². The zero-order valence-corrected chi connectivity index (χ0v) is 16.0. The molecule has 2 heterocycles. The quantitative estimate of drug-likeness (QED) is 0.693. The van der Waals surface area contributed by atoms with Crippen LogP contribution in [0.1, 0.15) is 24.8 Å². The predicted octanol–water partition coefficient (Wildman–Crippen LogP) is 1.52. The lowest BCUT2D eigenvalue weighted by Crippen LogP contribution is -2.49. The highest BCUT2D eigenvalue weighted by Gasteiger charge is 2.38. The Balaban J connectivity index is 1.64. The minimum Gasteiger partial charge on any atom is -0.295 e. The van der Waals surface area contributed by atoms with Crippen LogP contribution in [0, 0.1) is 0 Å². The van der Waals surface area contributed by atoms with Crippen molar-refractivity contribution in [1.82, 2.24) is 14.9 Å². The Morgan fingerprint density at radius 1 is 1.18 bits per heavy atom. The number of hydrogen-bond acceptors (Lipinski definition) is 5. The summed E-state index contributed by atoms with van der Waals surface area (Å²) in [5.74, 6) is -0.699. The second-order valence-corrected chi connectivity index (χ2v) is 8.80. The molecule has 2 aliphatic heterocycles. The summed E-state index contributed by atoms with van der Waals surface area (Å²) in [6, 6.07) is 1.07. The summed E-state index contributed by atoms with van der Waals surface area (Å²) in [7, 11) is -4.11. The molecule has 12 heteroatoms. The fourth-order valence-corrected chi connectivity index (χ4v) is 5.19. The molecular formula is C16H17ClF3N3O4S. The van der Waals surface area contributed by atoms with Crippen LogP contribution < -0.4 is 10.0 Å². The van der Waals surface area contributed by atoms with Crippen molar-refractivity contribution < 1.29 is 31.2 Å². The highest BCUT2D eigenvalue weighted by atomic mass is 35.5. The molecule has 0 saturated carbocycles. The van der Waals surface area contributed by atoms with Crippen LogP contribution in [-0.2, 0) is 25.8 Å². The molecule has 1 aromatic rings. The SMILES string of the molecule is O=C1CC(N2CCC(NS(=O)(=O)c3ccc(C(F)(F)F)cc3Cl)CC2)C(=O)N1. The van der Waals surface area contributed by atoms with E-state index in [0.717, 1.165) is 6.07 Å². The standard InChI is InChI=1S/C16H17ClF3N3O4S/c17-11-7-9(16(18,19)20)1-2-13(11)28(26,27)22-10-3-5-23(6-4-10)12-8-14(24)21-15(12)25/h1-2,7,10,12,22H,3-6,8H2,(H,21,24,25). The number of sulfonamides is 1. The molecule has 2 amide bonds. The minimum absolute atomic E-state index is 0.0798. The number of halogens is 4. The van der Waals surface area contributed by atoms with Crippen LogP contribution in [0.15, 0.2) is 23.1 Å².